The molecule has 0 spiro atoms. The van der Waals surface area contributed by atoms with Gasteiger partial charge in [-0.05, 0) is 43.7 Å². The van der Waals surface area contributed by atoms with Gasteiger partial charge in [0.25, 0.3) is 5.91 Å². The third-order valence-corrected chi connectivity index (χ3v) is 6.15. The van der Waals surface area contributed by atoms with Crippen molar-refractivity contribution in [2.45, 2.75) is 19.3 Å². The van der Waals surface area contributed by atoms with Crippen molar-refractivity contribution in [2.75, 3.05) is 44.2 Å². The number of benzene rings is 2. The highest BCUT2D eigenvalue weighted by Crippen LogP contribution is 2.26. The first kappa shape index (κ1) is 21.6. The lowest BCUT2D eigenvalue weighted by Gasteiger charge is -2.36. The normalized spacial score (nSPS) is 14.7. The summed E-state index contributed by atoms with van der Waals surface area (Å²) >= 11 is 6.32. The summed E-state index contributed by atoms with van der Waals surface area (Å²) in [6.07, 6.45) is 3.24. The van der Waals surface area contributed by atoms with Crippen molar-refractivity contribution in [3.05, 3.63) is 71.4 Å². The summed E-state index contributed by atoms with van der Waals surface area (Å²) < 4.78 is 0. The second-order valence-electron chi connectivity index (χ2n) is 7.99. The first-order valence-electron chi connectivity index (χ1n) is 11.1. The van der Waals surface area contributed by atoms with Crippen LogP contribution < -0.4 is 10.2 Å². The van der Waals surface area contributed by atoms with E-state index >= 15 is 0 Å². The van der Waals surface area contributed by atoms with Crippen LogP contribution in [0.1, 0.15) is 29.8 Å². The molecule has 2 heterocycles. The van der Waals surface area contributed by atoms with E-state index < -0.39 is 0 Å². The highest BCUT2D eigenvalue weighted by Gasteiger charge is 2.18. The third kappa shape index (κ3) is 5.75. The van der Waals surface area contributed by atoms with E-state index in [4.69, 9.17) is 11.6 Å². The van der Waals surface area contributed by atoms with Crippen LogP contribution in [0.3, 0.4) is 0 Å². The van der Waals surface area contributed by atoms with Crippen molar-refractivity contribution in [1.29, 1.82) is 0 Å². The molecule has 0 unspecified atom stereocenters. The fourth-order valence-corrected chi connectivity index (χ4v) is 4.30. The number of nitrogens with one attached hydrogen (secondary N) is 1. The lowest BCUT2D eigenvalue weighted by molar-refractivity contribution is 0.0948. The molecule has 0 aliphatic carbocycles. The monoisotopic (exact) mass is 436 g/mol. The average molecular weight is 437 g/mol. The van der Waals surface area contributed by atoms with Gasteiger partial charge < -0.3 is 10.2 Å². The van der Waals surface area contributed by atoms with Crippen LogP contribution >= 0.6 is 11.6 Å². The van der Waals surface area contributed by atoms with Crippen molar-refractivity contribution in [1.82, 2.24) is 15.2 Å². The fraction of sp³-hybridized carbons (Fsp3) is 0.360. The summed E-state index contributed by atoms with van der Waals surface area (Å²) in [6.45, 7) is 5.95. The maximum Gasteiger partial charge on any atom is 0.269 e. The quantitative estimate of drug-likeness (QED) is 0.524. The minimum Gasteiger partial charge on any atom is -0.368 e. The van der Waals surface area contributed by atoms with Crippen molar-refractivity contribution >= 4 is 34.1 Å². The Morgan fingerprint density at radius 2 is 1.68 bits per heavy atom. The molecule has 0 radical (unpaired) electrons. The van der Waals surface area contributed by atoms with Gasteiger partial charge in [0, 0.05) is 38.1 Å². The zero-order valence-electron chi connectivity index (χ0n) is 17.8. The molecule has 1 aliphatic rings. The first-order chi connectivity index (χ1) is 15.2. The summed E-state index contributed by atoms with van der Waals surface area (Å²) in [5.74, 6) is -0.0959. The zero-order valence-corrected chi connectivity index (χ0v) is 18.5. The van der Waals surface area contributed by atoms with Crippen LogP contribution in [0, 0.1) is 0 Å². The molecule has 1 aliphatic heterocycles. The number of halogens is 1. The maximum absolute atomic E-state index is 12.3. The Morgan fingerprint density at radius 3 is 2.52 bits per heavy atom. The Morgan fingerprint density at radius 1 is 0.903 bits per heavy atom. The molecule has 162 valence electrons. The second kappa shape index (κ2) is 10.6. The van der Waals surface area contributed by atoms with Crippen molar-refractivity contribution in [2.24, 2.45) is 0 Å². The van der Waals surface area contributed by atoms with Crippen LogP contribution in [0.4, 0.5) is 5.69 Å². The minimum absolute atomic E-state index is 0.0959. The molecule has 1 fully saturated rings. The maximum atomic E-state index is 12.3. The highest BCUT2D eigenvalue weighted by molar-refractivity contribution is 6.33. The number of rotatable bonds is 8. The molecule has 1 N–H and O–H groups in total. The van der Waals surface area contributed by atoms with Gasteiger partial charge in [-0.25, -0.2) is 4.98 Å². The molecule has 1 amide bonds. The molecule has 0 saturated carbocycles. The second-order valence-corrected chi connectivity index (χ2v) is 8.39. The molecule has 1 saturated heterocycles. The summed E-state index contributed by atoms with van der Waals surface area (Å²) in [4.78, 5) is 21.7. The number of para-hydroxylation sites is 2. The molecule has 0 bridgehead atoms. The number of aromatic nitrogens is 1. The van der Waals surface area contributed by atoms with E-state index in [9.17, 15) is 4.79 Å². The number of carbonyl (C=O) groups excluding carboxylic acids is 1. The Kier molecular flexibility index (Phi) is 7.39. The van der Waals surface area contributed by atoms with Gasteiger partial charge in [0.2, 0.25) is 0 Å². The van der Waals surface area contributed by atoms with Gasteiger partial charge in [0.05, 0.1) is 16.2 Å². The minimum atomic E-state index is -0.0959. The number of carbonyl (C=O) groups is 1. The van der Waals surface area contributed by atoms with E-state index in [1.807, 2.05) is 48.5 Å². The number of fused-ring (bicyclic) bond motifs is 1. The lowest BCUT2D eigenvalue weighted by Crippen LogP contribution is -2.46. The van der Waals surface area contributed by atoms with Crippen LogP contribution in [-0.2, 0) is 0 Å². The van der Waals surface area contributed by atoms with E-state index in [0.717, 1.165) is 73.6 Å². The fourth-order valence-electron chi connectivity index (χ4n) is 4.04. The Bertz CT molecular complexity index is 1020. The molecule has 0 atom stereocenters. The Balaban J connectivity index is 1.11. The molecule has 5 nitrogen and oxygen atoms in total. The van der Waals surface area contributed by atoms with Crippen LogP contribution in [0.15, 0.2) is 60.7 Å². The number of pyridine rings is 1. The zero-order chi connectivity index (χ0) is 21.5. The topological polar surface area (TPSA) is 48.5 Å². The van der Waals surface area contributed by atoms with E-state index in [2.05, 4.69) is 26.2 Å². The predicted octanol–water partition coefficient (Wildman–Crippen LogP) is 4.61. The van der Waals surface area contributed by atoms with E-state index in [-0.39, 0.29) is 5.91 Å². The van der Waals surface area contributed by atoms with Gasteiger partial charge in [-0.15, -0.1) is 0 Å². The molecular formula is C25H29ClN4O. The summed E-state index contributed by atoms with van der Waals surface area (Å²) in [6, 6.07) is 19.7. The summed E-state index contributed by atoms with van der Waals surface area (Å²) in [7, 11) is 0. The number of hydrogen-bond donors (Lipinski definition) is 1. The number of nitrogens with zero attached hydrogens (tertiary/aromatic N) is 3. The number of amides is 1. The van der Waals surface area contributed by atoms with Crippen LogP contribution in [0.2, 0.25) is 5.02 Å². The summed E-state index contributed by atoms with van der Waals surface area (Å²) in [5, 5.41) is 4.88. The van der Waals surface area contributed by atoms with Crippen molar-refractivity contribution < 1.29 is 4.79 Å². The van der Waals surface area contributed by atoms with Gasteiger partial charge in [-0.2, -0.15) is 0 Å². The van der Waals surface area contributed by atoms with Crippen molar-refractivity contribution in [3.63, 3.8) is 0 Å². The number of piperazine rings is 1. The molecule has 1 aromatic heterocycles. The van der Waals surface area contributed by atoms with Gasteiger partial charge in [0.15, 0.2) is 0 Å². The molecular weight excluding hydrogens is 408 g/mol. The van der Waals surface area contributed by atoms with Gasteiger partial charge >= 0.3 is 0 Å². The van der Waals surface area contributed by atoms with Gasteiger partial charge in [-0.3, -0.25) is 9.69 Å². The van der Waals surface area contributed by atoms with E-state index in [0.29, 0.717) is 12.2 Å². The van der Waals surface area contributed by atoms with Crippen molar-refractivity contribution in [3.8, 4) is 0 Å². The largest absolute Gasteiger partial charge is 0.368 e. The average Bonchev–Trinajstić information content (AvgIpc) is 2.81. The summed E-state index contributed by atoms with van der Waals surface area (Å²) in [5.41, 5.74) is 2.47. The number of hydrogen-bond acceptors (Lipinski definition) is 4. The lowest BCUT2D eigenvalue weighted by atomic mass is 10.2. The molecule has 2 aromatic carbocycles. The third-order valence-electron chi connectivity index (χ3n) is 5.83. The van der Waals surface area contributed by atoms with Gasteiger partial charge in [0.1, 0.15) is 5.69 Å². The molecule has 31 heavy (non-hydrogen) atoms. The molecule has 6 heteroatoms. The van der Waals surface area contributed by atoms with E-state index in [1.165, 1.54) is 0 Å². The standard InChI is InChI=1S/C25H29ClN4O/c26-21-9-3-5-11-24(21)30-18-16-29(17-19-30)15-7-1-6-14-27-25(31)23-13-12-20-8-2-4-10-22(20)28-23/h2-5,8-13H,1,6-7,14-19H2,(H,27,31). The number of unbranched alkanes of at least 4 members (excludes halogenated alkanes) is 2. The smallest absolute Gasteiger partial charge is 0.269 e. The van der Waals surface area contributed by atoms with E-state index in [1.54, 1.807) is 6.07 Å². The van der Waals surface area contributed by atoms with Crippen LogP contribution in [-0.4, -0.2) is 55.1 Å². The Hall–Kier alpha value is -2.63. The Labute approximate surface area is 189 Å². The molecule has 3 aromatic rings. The van der Waals surface area contributed by atoms with Gasteiger partial charge in [-0.1, -0.05) is 54.4 Å². The number of anilines is 1. The predicted molar refractivity (Wildman–Crippen MR) is 128 cm³/mol. The van der Waals surface area contributed by atoms with Crippen LogP contribution in [0.5, 0.6) is 0 Å². The molecule has 4 rings (SSSR count). The first-order valence-corrected chi connectivity index (χ1v) is 11.4. The van der Waals surface area contributed by atoms with Crippen LogP contribution in [0.25, 0.3) is 10.9 Å². The SMILES string of the molecule is O=C(NCCCCCN1CCN(c2ccccc2Cl)CC1)c1ccc2ccccc2n1. The highest BCUT2D eigenvalue weighted by atomic mass is 35.5.